The smallest absolute Gasteiger partial charge is 0.138 e. The van der Waals surface area contributed by atoms with Gasteiger partial charge in [-0.25, -0.2) is 4.98 Å². The molecule has 3 aromatic rings. The van der Waals surface area contributed by atoms with Crippen LogP contribution in [0, 0.1) is 0 Å². The van der Waals surface area contributed by atoms with Gasteiger partial charge in [0.25, 0.3) is 0 Å². The first-order valence-corrected chi connectivity index (χ1v) is 7.29. The lowest BCUT2D eigenvalue weighted by atomic mass is 10.2. The van der Waals surface area contributed by atoms with E-state index in [1.54, 1.807) is 23.7 Å². The van der Waals surface area contributed by atoms with E-state index >= 15 is 0 Å². The molecule has 0 radical (unpaired) electrons. The molecule has 0 aliphatic carbocycles. The number of nitrogens with one attached hydrogen (secondary N) is 1. The zero-order valence-electron chi connectivity index (χ0n) is 10.8. The largest absolute Gasteiger partial charge is 0.341 e. The van der Waals surface area contributed by atoms with Crippen LogP contribution in [-0.2, 0) is 6.42 Å². The van der Waals surface area contributed by atoms with Crippen LogP contribution in [0.1, 0.15) is 19.0 Å². The van der Waals surface area contributed by atoms with Crippen LogP contribution in [0.15, 0.2) is 42.0 Å². The quantitative estimate of drug-likeness (QED) is 0.773. The average molecular weight is 269 g/mol. The minimum Gasteiger partial charge on any atom is -0.341 e. The summed E-state index contributed by atoms with van der Waals surface area (Å²) in [5, 5.41) is 2.09. The van der Waals surface area contributed by atoms with Crippen LogP contribution >= 0.6 is 11.3 Å². The molecule has 0 saturated carbocycles. The van der Waals surface area contributed by atoms with Crippen molar-refractivity contribution in [3.63, 3.8) is 0 Å². The van der Waals surface area contributed by atoms with Gasteiger partial charge in [-0.05, 0) is 30.0 Å². The van der Waals surface area contributed by atoms with Gasteiger partial charge in [-0.3, -0.25) is 4.98 Å². The third kappa shape index (κ3) is 2.44. The molecule has 3 heterocycles. The SMILES string of the molecule is CCCc1[nH]c(-c2ccncc2)nc1-c1cccs1. The number of nitrogens with zero attached hydrogens (tertiary/aromatic N) is 2. The molecule has 0 fully saturated rings. The molecule has 0 amide bonds. The molecule has 0 aromatic carbocycles. The highest BCUT2D eigenvalue weighted by Gasteiger charge is 2.13. The van der Waals surface area contributed by atoms with Gasteiger partial charge >= 0.3 is 0 Å². The molecule has 0 atom stereocenters. The Bertz CT molecular complexity index is 641. The maximum Gasteiger partial charge on any atom is 0.138 e. The van der Waals surface area contributed by atoms with Crippen LogP contribution in [-0.4, -0.2) is 15.0 Å². The van der Waals surface area contributed by atoms with Crippen LogP contribution in [0.3, 0.4) is 0 Å². The van der Waals surface area contributed by atoms with Gasteiger partial charge in [-0.1, -0.05) is 19.4 Å². The molecule has 0 bridgehead atoms. The van der Waals surface area contributed by atoms with Crippen LogP contribution in [0.2, 0.25) is 0 Å². The van der Waals surface area contributed by atoms with E-state index in [4.69, 9.17) is 4.98 Å². The van der Waals surface area contributed by atoms with E-state index < -0.39 is 0 Å². The van der Waals surface area contributed by atoms with Crippen molar-refractivity contribution in [1.82, 2.24) is 15.0 Å². The fourth-order valence-corrected chi connectivity index (χ4v) is 2.85. The van der Waals surface area contributed by atoms with E-state index in [1.807, 2.05) is 12.1 Å². The van der Waals surface area contributed by atoms with Gasteiger partial charge in [0.1, 0.15) is 11.5 Å². The molecule has 0 saturated heterocycles. The van der Waals surface area contributed by atoms with E-state index in [2.05, 4.69) is 34.4 Å². The maximum absolute atomic E-state index is 4.77. The van der Waals surface area contributed by atoms with E-state index in [0.29, 0.717) is 0 Å². The Morgan fingerprint density at radius 2 is 2.05 bits per heavy atom. The summed E-state index contributed by atoms with van der Waals surface area (Å²) in [6, 6.07) is 8.15. The van der Waals surface area contributed by atoms with E-state index in [9.17, 15) is 0 Å². The summed E-state index contributed by atoms with van der Waals surface area (Å²) in [6.07, 6.45) is 5.71. The Morgan fingerprint density at radius 3 is 2.74 bits per heavy atom. The lowest BCUT2D eigenvalue weighted by Crippen LogP contribution is -1.86. The van der Waals surface area contributed by atoms with Gasteiger partial charge in [0.15, 0.2) is 0 Å². The molecule has 0 spiro atoms. The highest BCUT2D eigenvalue weighted by Crippen LogP contribution is 2.29. The van der Waals surface area contributed by atoms with Crippen molar-refractivity contribution in [3.05, 3.63) is 47.7 Å². The first-order valence-electron chi connectivity index (χ1n) is 6.41. The number of H-pyrrole nitrogens is 1. The molecule has 1 N–H and O–H groups in total. The first-order chi connectivity index (χ1) is 9.38. The first kappa shape index (κ1) is 12.1. The van der Waals surface area contributed by atoms with Gasteiger partial charge in [-0.15, -0.1) is 11.3 Å². The minimum absolute atomic E-state index is 0.925. The standard InChI is InChI=1S/C15H15N3S/c1-2-4-12-14(13-5-3-10-19-13)18-15(17-12)11-6-8-16-9-7-11/h3,5-10H,2,4H2,1H3,(H,17,18). The van der Waals surface area contributed by atoms with Crippen molar-refractivity contribution in [1.29, 1.82) is 0 Å². The summed E-state index contributed by atoms with van der Waals surface area (Å²) in [5.74, 6) is 0.925. The molecule has 0 aliphatic heterocycles. The fourth-order valence-electron chi connectivity index (χ4n) is 2.10. The third-order valence-electron chi connectivity index (χ3n) is 2.99. The maximum atomic E-state index is 4.77. The Labute approximate surface area is 116 Å². The molecule has 3 rings (SSSR count). The predicted octanol–water partition coefficient (Wildman–Crippen LogP) is 4.15. The summed E-state index contributed by atoms with van der Waals surface area (Å²) < 4.78 is 0. The van der Waals surface area contributed by atoms with Crippen molar-refractivity contribution >= 4 is 11.3 Å². The number of hydrogen-bond acceptors (Lipinski definition) is 3. The van der Waals surface area contributed by atoms with E-state index in [1.165, 1.54) is 10.6 Å². The molecular weight excluding hydrogens is 254 g/mol. The average Bonchev–Trinajstić information content (AvgIpc) is 3.09. The number of aryl methyl sites for hydroxylation is 1. The Kier molecular flexibility index (Phi) is 3.42. The lowest BCUT2D eigenvalue weighted by Gasteiger charge is -1.97. The molecule has 4 heteroatoms. The summed E-state index contributed by atoms with van der Waals surface area (Å²) in [7, 11) is 0. The summed E-state index contributed by atoms with van der Waals surface area (Å²) in [6.45, 7) is 2.19. The van der Waals surface area contributed by atoms with Gasteiger partial charge in [0.2, 0.25) is 0 Å². The zero-order valence-corrected chi connectivity index (χ0v) is 11.6. The van der Waals surface area contributed by atoms with Crippen LogP contribution < -0.4 is 0 Å². The van der Waals surface area contributed by atoms with Crippen LogP contribution in [0.4, 0.5) is 0 Å². The van der Waals surface area contributed by atoms with Gasteiger partial charge in [-0.2, -0.15) is 0 Å². The van der Waals surface area contributed by atoms with Crippen LogP contribution in [0.25, 0.3) is 22.0 Å². The number of aromatic amines is 1. The summed E-state index contributed by atoms with van der Waals surface area (Å²) in [5.41, 5.74) is 3.38. The number of rotatable bonds is 4. The Balaban J connectivity index is 2.07. The number of imidazole rings is 1. The summed E-state index contributed by atoms with van der Waals surface area (Å²) >= 11 is 1.73. The second kappa shape index (κ2) is 5.36. The normalized spacial score (nSPS) is 10.8. The number of thiophene rings is 1. The van der Waals surface area contributed by atoms with Gasteiger partial charge < -0.3 is 4.98 Å². The zero-order chi connectivity index (χ0) is 13.1. The molecule has 19 heavy (non-hydrogen) atoms. The molecule has 0 aliphatic rings. The number of hydrogen-bond donors (Lipinski definition) is 1. The van der Waals surface area contributed by atoms with Crippen molar-refractivity contribution in [2.75, 3.05) is 0 Å². The highest BCUT2D eigenvalue weighted by atomic mass is 32.1. The molecule has 96 valence electrons. The Hall–Kier alpha value is -1.94. The third-order valence-corrected chi connectivity index (χ3v) is 3.86. The van der Waals surface area contributed by atoms with Crippen molar-refractivity contribution < 1.29 is 0 Å². The van der Waals surface area contributed by atoms with E-state index in [-0.39, 0.29) is 0 Å². The summed E-state index contributed by atoms with van der Waals surface area (Å²) in [4.78, 5) is 13.5. The number of pyridine rings is 1. The lowest BCUT2D eigenvalue weighted by molar-refractivity contribution is 0.895. The highest BCUT2D eigenvalue weighted by molar-refractivity contribution is 7.13. The van der Waals surface area contributed by atoms with Crippen LogP contribution in [0.5, 0.6) is 0 Å². The minimum atomic E-state index is 0.925. The molecular formula is C15H15N3S. The fraction of sp³-hybridized carbons (Fsp3) is 0.200. The predicted molar refractivity (Wildman–Crippen MR) is 79.1 cm³/mol. The monoisotopic (exact) mass is 269 g/mol. The molecule has 3 aromatic heterocycles. The van der Waals surface area contributed by atoms with Gasteiger partial charge in [0.05, 0.1) is 4.88 Å². The number of aromatic nitrogens is 3. The molecule has 3 nitrogen and oxygen atoms in total. The topological polar surface area (TPSA) is 41.6 Å². The van der Waals surface area contributed by atoms with Crippen molar-refractivity contribution in [2.24, 2.45) is 0 Å². The van der Waals surface area contributed by atoms with Crippen molar-refractivity contribution in [2.45, 2.75) is 19.8 Å². The second-order valence-corrected chi connectivity index (χ2v) is 5.32. The second-order valence-electron chi connectivity index (χ2n) is 4.38. The molecule has 0 unspecified atom stereocenters. The Morgan fingerprint density at radius 1 is 1.21 bits per heavy atom. The van der Waals surface area contributed by atoms with Crippen molar-refractivity contribution in [3.8, 4) is 22.0 Å². The van der Waals surface area contributed by atoms with E-state index in [0.717, 1.165) is 29.9 Å². The van der Waals surface area contributed by atoms with Gasteiger partial charge in [0, 0.05) is 23.7 Å².